The highest BCUT2D eigenvalue weighted by Gasteiger charge is 2.17. The quantitative estimate of drug-likeness (QED) is 0.737. The lowest BCUT2D eigenvalue weighted by Crippen LogP contribution is -2.33. The van der Waals surface area contributed by atoms with Crippen molar-refractivity contribution in [2.75, 3.05) is 18.8 Å². The Morgan fingerprint density at radius 1 is 1.23 bits per heavy atom. The van der Waals surface area contributed by atoms with E-state index in [0.717, 1.165) is 37.7 Å². The Kier molecular flexibility index (Phi) is 4.08. The lowest BCUT2D eigenvalue weighted by Gasteiger charge is -2.25. The third-order valence-electron chi connectivity index (χ3n) is 1.93. The first-order chi connectivity index (χ1) is 6.20. The van der Waals surface area contributed by atoms with Gasteiger partial charge in [0.25, 0.3) is 5.24 Å². The Morgan fingerprint density at radius 3 is 2.38 bits per heavy atom. The van der Waals surface area contributed by atoms with E-state index in [1.807, 2.05) is 0 Å². The third kappa shape index (κ3) is 3.67. The van der Waals surface area contributed by atoms with E-state index >= 15 is 0 Å². The van der Waals surface area contributed by atoms with E-state index in [-0.39, 0.29) is 11.0 Å². The number of hydrogen-bond donors (Lipinski definition) is 1. The molecule has 0 atom stereocenters. The number of carboxylic acid groups (broad SMARTS) is 1. The molecule has 0 radical (unpaired) electrons. The van der Waals surface area contributed by atoms with Crippen molar-refractivity contribution >= 4 is 23.0 Å². The van der Waals surface area contributed by atoms with Crippen molar-refractivity contribution in [3.05, 3.63) is 0 Å². The molecule has 5 heteroatoms. The Labute approximate surface area is 81.3 Å². The van der Waals surface area contributed by atoms with Crippen LogP contribution in [0, 0.1) is 0 Å². The van der Waals surface area contributed by atoms with Gasteiger partial charge in [-0.05, 0) is 19.3 Å². The van der Waals surface area contributed by atoms with Crippen molar-refractivity contribution in [1.82, 2.24) is 4.90 Å². The van der Waals surface area contributed by atoms with Gasteiger partial charge in [-0.3, -0.25) is 9.59 Å². The Bertz CT molecular complexity index is 202. The van der Waals surface area contributed by atoms with Crippen LogP contribution in [0.5, 0.6) is 0 Å². The Balaban J connectivity index is 2.25. The molecule has 0 unspecified atom stereocenters. The van der Waals surface area contributed by atoms with Gasteiger partial charge in [-0.2, -0.15) is 0 Å². The molecule has 4 nitrogen and oxygen atoms in total. The minimum Gasteiger partial charge on any atom is -0.481 e. The molecule has 0 aromatic rings. The molecule has 1 aliphatic heterocycles. The topological polar surface area (TPSA) is 57.6 Å². The van der Waals surface area contributed by atoms with Crippen molar-refractivity contribution in [2.24, 2.45) is 0 Å². The summed E-state index contributed by atoms with van der Waals surface area (Å²) in [6.07, 6.45) is 3.26. The van der Waals surface area contributed by atoms with Crippen molar-refractivity contribution in [2.45, 2.75) is 19.3 Å². The summed E-state index contributed by atoms with van der Waals surface area (Å²) in [6.45, 7) is 1.57. The second-order valence-corrected chi connectivity index (χ2v) is 3.92. The summed E-state index contributed by atoms with van der Waals surface area (Å²) in [5.74, 6) is -1.06. The fourth-order valence-corrected chi connectivity index (χ4v) is 1.90. The summed E-state index contributed by atoms with van der Waals surface area (Å²) < 4.78 is 0. The monoisotopic (exact) mass is 203 g/mol. The average Bonchev–Trinajstić information content (AvgIpc) is 2.15. The highest BCUT2D eigenvalue weighted by atomic mass is 32.2. The van der Waals surface area contributed by atoms with Crippen LogP contribution >= 0.6 is 11.8 Å². The summed E-state index contributed by atoms with van der Waals surface area (Å²) in [5, 5.41) is 8.27. The summed E-state index contributed by atoms with van der Waals surface area (Å²) in [6, 6.07) is 0. The second-order valence-electron chi connectivity index (χ2n) is 3.00. The third-order valence-corrected chi connectivity index (χ3v) is 2.83. The molecule has 1 N–H and O–H groups in total. The van der Waals surface area contributed by atoms with Crippen molar-refractivity contribution < 1.29 is 14.7 Å². The molecule has 1 heterocycles. The van der Waals surface area contributed by atoms with Crippen molar-refractivity contribution in [1.29, 1.82) is 0 Å². The number of rotatable bonds is 2. The van der Waals surface area contributed by atoms with E-state index in [1.165, 1.54) is 6.42 Å². The van der Waals surface area contributed by atoms with Gasteiger partial charge in [0.1, 0.15) is 5.75 Å². The van der Waals surface area contributed by atoms with E-state index in [1.54, 1.807) is 4.90 Å². The first kappa shape index (κ1) is 10.4. The molecule has 74 valence electrons. The first-order valence-electron chi connectivity index (χ1n) is 4.33. The van der Waals surface area contributed by atoms with Gasteiger partial charge in [0.15, 0.2) is 0 Å². The molecule has 1 fully saturated rings. The molecule has 0 spiro atoms. The zero-order chi connectivity index (χ0) is 9.68. The summed E-state index contributed by atoms with van der Waals surface area (Å²) in [7, 11) is 0. The predicted molar refractivity (Wildman–Crippen MR) is 50.9 cm³/mol. The number of piperidine rings is 1. The minimum atomic E-state index is -0.935. The average molecular weight is 203 g/mol. The van der Waals surface area contributed by atoms with Gasteiger partial charge in [-0.1, -0.05) is 11.8 Å². The predicted octanol–water partition coefficient (Wildman–Crippen LogP) is 1.41. The highest BCUT2D eigenvalue weighted by Crippen LogP contribution is 2.15. The zero-order valence-corrected chi connectivity index (χ0v) is 8.18. The van der Waals surface area contributed by atoms with Crippen LogP contribution in [-0.4, -0.2) is 40.1 Å². The molecule has 13 heavy (non-hydrogen) atoms. The largest absolute Gasteiger partial charge is 0.481 e. The Morgan fingerprint density at radius 2 is 1.85 bits per heavy atom. The van der Waals surface area contributed by atoms with Crippen LogP contribution in [-0.2, 0) is 4.79 Å². The van der Waals surface area contributed by atoms with Crippen LogP contribution < -0.4 is 0 Å². The lowest BCUT2D eigenvalue weighted by atomic mass is 10.1. The highest BCUT2D eigenvalue weighted by molar-refractivity contribution is 8.14. The van der Waals surface area contributed by atoms with E-state index < -0.39 is 5.97 Å². The summed E-state index contributed by atoms with van der Waals surface area (Å²) >= 11 is 0.879. The second kappa shape index (κ2) is 5.11. The number of nitrogens with zero attached hydrogens (tertiary/aromatic N) is 1. The van der Waals surface area contributed by atoms with Gasteiger partial charge in [0.2, 0.25) is 0 Å². The number of amides is 1. The van der Waals surface area contributed by atoms with Crippen molar-refractivity contribution in [3.63, 3.8) is 0 Å². The maximum absolute atomic E-state index is 11.3. The number of carboxylic acids is 1. The van der Waals surface area contributed by atoms with E-state index in [9.17, 15) is 9.59 Å². The minimum absolute atomic E-state index is 0.0953. The number of hydrogen-bond acceptors (Lipinski definition) is 3. The zero-order valence-electron chi connectivity index (χ0n) is 7.36. The number of carbonyl (C=O) groups is 2. The van der Waals surface area contributed by atoms with Gasteiger partial charge in [-0.25, -0.2) is 0 Å². The number of aliphatic carboxylic acids is 1. The fraction of sp³-hybridized carbons (Fsp3) is 0.750. The number of thioether (sulfide) groups is 1. The standard InChI is InChI=1S/C8H13NO3S/c10-7(11)6-13-8(12)9-4-2-1-3-5-9/h1-6H2,(H,10,11). The number of carbonyl (C=O) groups excluding carboxylic acids is 1. The van der Waals surface area contributed by atoms with Crippen LogP contribution in [0.4, 0.5) is 4.79 Å². The van der Waals surface area contributed by atoms with Crippen LogP contribution in [0.1, 0.15) is 19.3 Å². The molecule has 0 aromatic heterocycles. The van der Waals surface area contributed by atoms with Gasteiger partial charge in [-0.15, -0.1) is 0 Å². The first-order valence-corrected chi connectivity index (χ1v) is 5.32. The van der Waals surface area contributed by atoms with Crippen LogP contribution in [0.3, 0.4) is 0 Å². The molecular formula is C8H13NO3S. The smallest absolute Gasteiger partial charge is 0.314 e. The maximum Gasteiger partial charge on any atom is 0.314 e. The van der Waals surface area contributed by atoms with Crippen molar-refractivity contribution in [3.8, 4) is 0 Å². The van der Waals surface area contributed by atoms with E-state index in [0.29, 0.717) is 0 Å². The Hall–Kier alpha value is -0.710. The SMILES string of the molecule is O=C(O)CSC(=O)N1CCCCC1. The lowest BCUT2D eigenvalue weighted by molar-refractivity contribution is -0.133. The molecule has 0 aromatic carbocycles. The molecule has 1 amide bonds. The molecular weight excluding hydrogens is 190 g/mol. The molecule has 1 rings (SSSR count). The van der Waals surface area contributed by atoms with Crippen LogP contribution in [0.15, 0.2) is 0 Å². The van der Waals surface area contributed by atoms with Crippen LogP contribution in [0.25, 0.3) is 0 Å². The van der Waals surface area contributed by atoms with Gasteiger partial charge >= 0.3 is 5.97 Å². The van der Waals surface area contributed by atoms with Crippen LogP contribution in [0.2, 0.25) is 0 Å². The molecule has 0 aliphatic carbocycles. The number of likely N-dealkylation sites (tertiary alicyclic amines) is 1. The normalized spacial score (nSPS) is 17.1. The van der Waals surface area contributed by atoms with E-state index in [4.69, 9.17) is 5.11 Å². The fourth-order valence-electron chi connectivity index (χ4n) is 1.29. The van der Waals surface area contributed by atoms with Gasteiger partial charge < -0.3 is 10.0 Å². The molecule has 0 saturated carbocycles. The summed E-state index contributed by atoms with van der Waals surface area (Å²) in [4.78, 5) is 23.3. The van der Waals surface area contributed by atoms with Gasteiger partial charge in [0, 0.05) is 13.1 Å². The van der Waals surface area contributed by atoms with E-state index in [2.05, 4.69) is 0 Å². The molecule has 0 bridgehead atoms. The van der Waals surface area contributed by atoms with Gasteiger partial charge in [0.05, 0.1) is 0 Å². The molecule has 1 aliphatic rings. The molecule has 1 saturated heterocycles. The maximum atomic E-state index is 11.3. The summed E-state index contributed by atoms with van der Waals surface area (Å²) in [5.41, 5.74) is 0.